The van der Waals surface area contributed by atoms with Crippen LogP contribution in [-0.2, 0) is 9.59 Å². The van der Waals surface area contributed by atoms with Gasteiger partial charge in [-0.25, -0.2) is 13.2 Å². The van der Waals surface area contributed by atoms with Crippen molar-refractivity contribution in [3.63, 3.8) is 0 Å². The summed E-state index contributed by atoms with van der Waals surface area (Å²) in [4.78, 5) is 24.7. The molecule has 0 saturated heterocycles. The molecule has 138 valence electrons. The summed E-state index contributed by atoms with van der Waals surface area (Å²) in [5.41, 5.74) is 0.891. The van der Waals surface area contributed by atoms with Crippen LogP contribution < -0.4 is 10.2 Å². The molecule has 2 aromatic rings. The molecule has 0 heterocycles. The molecule has 1 N–H and O–H groups in total. The predicted molar refractivity (Wildman–Crippen MR) is 93.8 cm³/mol. The van der Waals surface area contributed by atoms with Gasteiger partial charge in [0.05, 0.1) is 5.69 Å². The Morgan fingerprint density at radius 2 is 1.81 bits per heavy atom. The third-order valence-corrected chi connectivity index (χ3v) is 4.11. The number of anilines is 2. The first kappa shape index (κ1) is 19.8. The highest BCUT2D eigenvalue weighted by Crippen LogP contribution is 2.24. The van der Waals surface area contributed by atoms with Gasteiger partial charge in [-0.3, -0.25) is 9.59 Å². The molecule has 0 aliphatic rings. The number of carbonyl (C=O) groups is 2. The highest BCUT2D eigenvalue weighted by atomic mass is 35.5. The van der Waals surface area contributed by atoms with E-state index in [1.165, 1.54) is 0 Å². The minimum atomic E-state index is -1.67. The van der Waals surface area contributed by atoms with E-state index in [0.29, 0.717) is 10.7 Å². The summed E-state index contributed by atoms with van der Waals surface area (Å²) in [5, 5.41) is 3.09. The smallest absolute Gasteiger partial charge is 0.226 e. The summed E-state index contributed by atoms with van der Waals surface area (Å²) in [6.45, 7) is 2.75. The average Bonchev–Trinajstić information content (AvgIpc) is 2.57. The zero-order chi connectivity index (χ0) is 19.4. The molecule has 2 aromatic carbocycles. The molecule has 2 rings (SSSR count). The van der Waals surface area contributed by atoms with Gasteiger partial charge in [-0.2, -0.15) is 0 Å². The number of rotatable bonds is 5. The normalized spacial score (nSPS) is 10.5. The maximum atomic E-state index is 13.9. The van der Waals surface area contributed by atoms with E-state index in [1.807, 2.05) is 6.92 Å². The molecule has 0 atom stereocenters. The van der Waals surface area contributed by atoms with E-state index in [9.17, 15) is 22.8 Å². The van der Waals surface area contributed by atoms with Crippen molar-refractivity contribution >= 4 is 34.8 Å². The zero-order valence-corrected chi connectivity index (χ0v) is 14.8. The summed E-state index contributed by atoms with van der Waals surface area (Å²) < 4.78 is 40.3. The first-order valence-corrected chi connectivity index (χ1v) is 8.06. The second-order valence-corrected chi connectivity index (χ2v) is 6.03. The predicted octanol–water partition coefficient (Wildman–Crippen LogP) is 4.45. The molecule has 26 heavy (non-hydrogen) atoms. The molecule has 0 unspecified atom stereocenters. The van der Waals surface area contributed by atoms with Crippen molar-refractivity contribution in [3.8, 4) is 0 Å². The summed E-state index contributed by atoms with van der Waals surface area (Å²) in [7, 11) is 0. The maximum Gasteiger partial charge on any atom is 0.226 e. The lowest BCUT2D eigenvalue weighted by Crippen LogP contribution is -2.33. The van der Waals surface area contributed by atoms with Crippen LogP contribution in [0.2, 0.25) is 5.02 Å². The van der Waals surface area contributed by atoms with Crippen LogP contribution in [0.3, 0.4) is 0 Å². The molecule has 0 spiro atoms. The van der Waals surface area contributed by atoms with Crippen LogP contribution in [0.4, 0.5) is 24.5 Å². The number of carbonyl (C=O) groups excluding carboxylic acids is 2. The molecule has 2 amide bonds. The Morgan fingerprint density at radius 1 is 1.12 bits per heavy atom. The third-order valence-electron chi connectivity index (χ3n) is 3.70. The second kappa shape index (κ2) is 8.23. The Balaban J connectivity index is 2.09. The van der Waals surface area contributed by atoms with Gasteiger partial charge in [-0.15, -0.1) is 0 Å². The van der Waals surface area contributed by atoms with Crippen molar-refractivity contribution < 1.29 is 22.8 Å². The third kappa shape index (κ3) is 4.54. The van der Waals surface area contributed by atoms with Crippen molar-refractivity contribution in [2.24, 2.45) is 0 Å². The van der Waals surface area contributed by atoms with Crippen molar-refractivity contribution in [2.75, 3.05) is 16.8 Å². The van der Waals surface area contributed by atoms with E-state index in [2.05, 4.69) is 5.32 Å². The fourth-order valence-electron chi connectivity index (χ4n) is 2.28. The van der Waals surface area contributed by atoms with Gasteiger partial charge in [0.2, 0.25) is 11.8 Å². The Bertz CT molecular complexity index is 859. The Hall–Kier alpha value is -2.54. The molecule has 4 nitrogen and oxygen atoms in total. The number of halogens is 4. The molecular weight excluding hydrogens is 369 g/mol. The summed E-state index contributed by atoms with van der Waals surface area (Å²) in [5.74, 6) is -5.57. The molecule has 0 saturated carbocycles. The van der Waals surface area contributed by atoms with Crippen molar-refractivity contribution in [3.05, 3.63) is 58.4 Å². The zero-order valence-electron chi connectivity index (χ0n) is 14.1. The maximum absolute atomic E-state index is 13.9. The quantitative estimate of drug-likeness (QED) is 0.774. The first-order valence-electron chi connectivity index (χ1n) is 7.68. The van der Waals surface area contributed by atoms with Gasteiger partial charge in [0.1, 0.15) is 0 Å². The van der Waals surface area contributed by atoms with E-state index >= 15 is 0 Å². The SMILES string of the molecule is CC(=O)N(CCC(=O)Nc1ccc(C)c(Cl)c1)c1ccc(F)c(F)c1F. The minimum Gasteiger partial charge on any atom is -0.326 e. The van der Waals surface area contributed by atoms with E-state index in [-0.39, 0.29) is 13.0 Å². The van der Waals surface area contributed by atoms with Crippen molar-refractivity contribution in [2.45, 2.75) is 20.3 Å². The van der Waals surface area contributed by atoms with Crippen molar-refractivity contribution in [1.82, 2.24) is 0 Å². The first-order chi connectivity index (χ1) is 12.2. The minimum absolute atomic E-state index is 0.177. The Labute approximate surface area is 153 Å². The molecular formula is C18H16ClF3N2O2. The van der Waals surface area contributed by atoms with Gasteiger partial charge in [0.25, 0.3) is 0 Å². The topological polar surface area (TPSA) is 49.4 Å². The Kier molecular flexibility index (Phi) is 6.26. The van der Waals surface area contributed by atoms with Crippen LogP contribution in [0.15, 0.2) is 30.3 Å². The van der Waals surface area contributed by atoms with E-state index in [4.69, 9.17) is 11.6 Å². The fourth-order valence-corrected chi connectivity index (χ4v) is 2.46. The van der Waals surface area contributed by atoms with E-state index in [0.717, 1.165) is 29.5 Å². The lowest BCUT2D eigenvalue weighted by molar-refractivity contribution is -0.117. The van der Waals surface area contributed by atoms with Crippen molar-refractivity contribution in [1.29, 1.82) is 0 Å². The van der Waals surface area contributed by atoms with E-state index in [1.54, 1.807) is 18.2 Å². The highest BCUT2D eigenvalue weighted by Gasteiger charge is 2.21. The largest absolute Gasteiger partial charge is 0.326 e. The number of nitrogens with zero attached hydrogens (tertiary/aromatic N) is 1. The van der Waals surface area contributed by atoms with Crippen LogP contribution >= 0.6 is 11.6 Å². The van der Waals surface area contributed by atoms with Gasteiger partial charge in [0, 0.05) is 30.6 Å². The molecule has 8 heteroatoms. The van der Waals surface area contributed by atoms with Crippen LogP contribution in [0.1, 0.15) is 18.9 Å². The number of amides is 2. The molecule has 0 aromatic heterocycles. The molecule has 0 aliphatic carbocycles. The lowest BCUT2D eigenvalue weighted by atomic mass is 10.2. The van der Waals surface area contributed by atoms with Crippen LogP contribution in [0.25, 0.3) is 0 Å². The number of benzene rings is 2. The fraction of sp³-hybridized carbons (Fsp3) is 0.222. The van der Waals surface area contributed by atoms with Crippen LogP contribution in [0.5, 0.6) is 0 Å². The summed E-state index contributed by atoms with van der Waals surface area (Å²) in [6, 6.07) is 6.64. The standard InChI is InChI=1S/C18H16ClF3N2O2/c1-10-3-4-12(9-13(10)19)23-16(26)7-8-24(11(2)25)15-6-5-14(20)17(21)18(15)22/h3-6,9H,7-8H2,1-2H3,(H,23,26). The monoisotopic (exact) mass is 384 g/mol. The second-order valence-electron chi connectivity index (χ2n) is 5.63. The van der Waals surface area contributed by atoms with Gasteiger partial charge >= 0.3 is 0 Å². The van der Waals surface area contributed by atoms with Crippen LogP contribution in [0, 0.1) is 24.4 Å². The van der Waals surface area contributed by atoms with Gasteiger partial charge in [-0.05, 0) is 36.8 Å². The van der Waals surface area contributed by atoms with Gasteiger partial charge in [-0.1, -0.05) is 17.7 Å². The number of nitrogens with one attached hydrogen (secondary N) is 1. The number of hydrogen-bond donors (Lipinski definition) is 1. The van der Waals surface area contributed by atoms with Crippen LogP contribution in [-0.4, -0.2) is 18.4 Å². The highest BCUT2D eigenvalue weighted by molar-refractivity contribution is 6.31. The summed E-state index contributed by atoms with van der Waals surface area (Å²) >= 11 is 5.98. The molecule has 0 aliphatic heterocycles. The number of aryl methyl sites for hydroxylation is 1. The Morgan fingerprint density at radius 3 is 2.42 bits per heavy atom. The molecule has 0 bridgehead atoms. The molecule has 0 fully saturated rings. The summed E-state index contributed by atoms with van der Waals surface area (Å²) in [6.07, 6.45) is -0.177. The lowest BCUT2D eigenvalue weighted by Gasteiger charge is -2.21. The molecule has 0 radical (unpaired) electrons. The van der Waals surface area contributed by atoms with Gasteiger partial charge in [0.15, 0.2) is 17.5 Å². The average molecular weight is 385 g/mol. The number of hydrogen-bond acceptors (Lipinski definition) is 2. The van der Waals surface area contributed by atoms with E-state index < -0.39 is 35.0 Å². The van der Waals surface area contributed by atoms with Gasteiger partial charge < -0.3 is 10.2 Å².